The zero-order chi connectivity index (χ0) is 16.8. The SMILES string of the molecule is Cc1ccc(NC(C)C(=O)N/N=C/c2cc(Br)ccc2O)cc1. The molecular weight excluding hydrogens is 358 g/mol. The van der Waals surface area contributed by atoms with Gasteiger partial charge in [-0.05, 0) is 44.2 Å². The fourth-order valence-electron chi connectivity index (χ4n) is 1.86. The Hall–Kier alpha value is -2.34. The number of hydrogen-bond donors (Lipinski definition) is 3. The lowest BCUT2D eigenvalue weighted by molar-refractivity contribution is -0.121. The first-order valence-corrected chi connectivity index (χ1v) is 7.89. The van der Waals surface area contributed by atoms with E-state index in [4.69, 9.17) is 0 Å². The monoisotopic (exact) mass is 375 g/mol. The van der Waals surface area contributed by atoms with Crippen LogP contribution in [-0.2, 0) is 4.79 Å². The Morgan fingerprint density at radius 3 is 2.65 bits per heavy atom. The third-order valence-electron chi connectivity index (χ3n) is 3.20. The summed E-state index contributed by atoms with van der Waals surface area (Å²) >= 11 is 3.31. The molecule has 0 saturated carbocycles. The van der Waals surface area contributed by atoms with E-state index < -0.39 is 6.04 Å². The molecule has 1 amide bonds. The molecule has 120 valence electrons. The van der Waals surface area contributed by atoms with E-state index in [9.17, 15) is 9.90 Å². The van der Waals surface area contributed by atoms with Gasteiger partial charge in [0.1, 0.15) is 11.8 Å². The van der Waals surface area contributed by atoms with Crippen LogP contribution in [0.3, 0.4) is 0 Å². The van der Waals surface area contributed by atoms with Gasteiger partial charge in [0, 0.05) is 15.7 Å². The number of nitrogens with one attached hydrogen (secondary N) is 2. The van der Waals surface area contributed by atoms with Crippen LogP contribution in [0.2, 0.25) is 0 Å². The molecule has 1 unspecified atom stereocenters. The molecule has 0 radical (unpaired) electrons. The maximum Gasteiger partial charge on any atom is 0.262 e. The van der Waals surface area contributed by atoms with Crippen LogP contribution in [0.1, 0.15) is 18.1 Å². The molecule has 0 aromatic heterocycles. The quantitative estimate of drug-likeness (QED) is 0.553. The van der Waals surface area contributed by atoms with Crippen molar-refractivity contribution in [2.24, 2.45) is 5.10 Å². The lowest BCUT2D eigenvalue weighted by atomic mass is 10.2. The second kappa shape index (κ2) is 7.78. The number of aromatic hydroxyl groups is 1. The van der Waals surface area contributed by atoms with E-state index in [1.165, 1.54) is 6.21 Å². The molecule has 0 bridgehead atoms. The third-order valence-corrected chi connectivity index (χ3v) is 3.69. The summed E-state index contributed by atoms with van der Waals surface area (Å²) < 4.78 is 0.817. The molecule has 2 rings (SSSR count). The van der Waals surface area contributed by atoms with Crippen molar-refractivity contribution in [2.45, 2.75) is 19.9 Å². The summed E-state index contributed by atoms with van der Waals surface area (Å²) in [6, 6.07) is 12.3. The fourth-order valence-corrected chi connectivity index (χ4v) is 2.24. The molecular formula is C17H18BrN3O2. The molecule has 0 aliphatic heterocycles. The molecule has 0 fully saturated rings. The lowest BCUT2D eigenvalue weighted by Crippen LogP contribution is -2.34. The topological polar surface area (TPSA) is 73.7 Å². The smallest absolute Gasteiger partial charge is 0.262 e. The predicted molar refractivity (Wildman–Crippen MR) is 95.8 cm³/mol. The predicted octanol–water partition coefficient (Wildman–Crippen LogP) is 3.41. The molecule has 23 heavy (non-hydrogen) atoms. The van der Waals surface area contributed by atoms with Crippen LogP contribution < -0.4 is 10.7 Å². The summed E-state index contributed by atoms with van der Waals surface area (Å²) in [7, 11) is 0. The standard InChI is InChI=1S/C17H18BrN3O2/c1-11-3-6-15(7-4-11)20-12(2)17(23)21-19-10-13-9-14(18)5-8-16(13)22/h3-10,12,20,22H,1-2H3,(H,21,23)/b19-10+. The molecule has 0 heterocycles. The number of halogens is 1. The second-order valence-electron chi connectivity index (χ2n) is 5.17. The van der Waals surface area contributed by atoms with Crippen LogP contribution in [0.15, 0.2) is 52.0 Å². The van der Waals surface area contributed by atoms with Gasteiger partial charge in [0.15, 0.2) is 0 Å². The summed E-state index contributed by atoms with van der Waals surface area (Å²) in [4.78, 5) is 12.0. The largest absolute Gasteiger partial charge is 0.507 e. The summed E-state index contributed by atoms with van der Waals surface area (Å²) in [5.74, 6) is -0.173. The van der Waals surface area contributed by atoms with Crippen molar-refractivity contribution in [3.05, 3.63) is 58.1 Å². The van der Waals surface area contributed by atoms with Gasteiger partial charge < -0.3 is 10.4 Å². The maximum atomic E-state index is 12.0. The summed E-state index contributed by atoms with van der Waals surface area (Å²) in [6.07, 6.45) is 1.40. The van der Waals surface area contributed by atoms with Crippen LogP contribution in [0, 0.1) is 6.92 Å². The van der Waals surface area contributed by atoms with E-state index >= 15 is 0 Å². The van der Waals surface area contributed by atoms with E-state index in [1.54, 1.807) is 25.1 Å². The third kappa shape index (κ3) is 5.10. The molecule has 0 aliphatic rings. The van der Waals surface area contributed by atoms with Crippen LogP contribution in [0.25, 0.3) is 0 Å². The first-order valence-electron chi connectivity index (χ1n) is 7.10. The number of nitrogens with zero attached hydrogens (tertiary/aromatic N) is 1. The van der Waals surface area contributed by atoms with E-state index in [0.717, 1.165) is 15.7 Å². The Morgan fingerprint density at radius 2 is 1.96 bits per heavy atom. The Labute approximate surface area is 143 Å². The number of phenols is 1. The lowest BCUT2D eigenvalue weighted by Gasteiger charge is -2.13. The fraction of sp³-hybridized carbons (Fsp3) is 0.176. The van der Waals surface area contributed by atoms with Crippen molar-refractivity contribution in [1.82, 2.24) is 5.43 Å². The number of hydrazone groups is 1. The van der Waals surface area contributed by atoms with Gasteiger partial charge in [0.25, 0.3) is 5.91 Å². The van der Waals surface area contributed by atoms with Gasteiger partial charge in [0.05, 0.1) is 6.21 Å². The molecule has 5 nitrogen and oxygen atoms in total. The molecule has 3 N–H and O–H groups in total. The van der Waals surface area contributed by atoms with Crippen molar-refractivity contribution in [3.8, 4) is 5.75 Å². The highest BCUT2D eigenvalue weighted by Gasteiger charge is 2.11. The number of anilines is 1. The van der Waals surface area contributed by atoms with Crippen LogP contribution in [0.5, 0.6) is 5.75 Å². The highest BCUT2D eigenvalue weighted by atomic mass is 79.9. The van der Waals surface area contributed by atoms with Gasteiger partial charge in [0.2, 0.25) is 0 Å². The molecule has 2 aromatic rings. The molecule has 0 saturated heterocycles. The van der Waals surface area contributed by atoms with Gasteiger partial charge in [-0.15, -0.1) is 0 Å². The van der Waals surface area contributed by atoms with Gasteiger partial charge in [-0.2, -0.15) is 5.10 Å². The number of benzene rings is 2. The summed E-state index contributed by atoms with van der Waals surface area (Å²) in [5, 5.41) is 16.7. The number of phenolic OH excluding ortho intramolecular Hbond substituents is 1. The van der Waals surface area contributed by atoms with Gasteiger partial charge in [-0.3, -0.25) is 4.79 Å². The summed E-state index contributed by atoms with van der Waals surface area (Å²) in [5.41, 5.74) is 4.99. The van der Waals surface area contributed by atoms with Crippen LogP contribution >= 0.6 is 15.9 Å². The number of hydrogen-bond acceptors (Lipinski definition) is 4. The average molecular weight is 376 g/mol. The number of amides is 1. The number of carbonyl (C=O) groups is 1. The first-order chi connectivity index (χ1) is 11.0. The Balaban J connectivity index is 1.92. The Bertz CT molecular complexity index is 714. The van der Waals surface area contributed by atoms with Crippen molar-refractivity contribution in [2.75, 3.05) is 5.32 Å². The number of carbonyl (C=O) groups excluding carboxylic acids is 1. The van der Waals surface area contributed by atoms with Gasteiger partial charge in [-0.1, -0.05) is 33.6 Å². The maximum absolute atomic E-state index is 12.0. The summed E-state index contributed by atoms with van der Waals surface area (Å²) in [6.45, 7) is 3.76. The highest BCUT2D eigenvalue weighted by Crippen LogP contribution is 2.19. The first kappa shape index (κ1) is 17.0. The molecule has 0 spiro atoms. The molecule has 0 aliphatic carbocycles. The average Bonchev–Trinajstić information content (AvgIpc) is 2.52. The minimum absolute atomic E-state index is 0.0945. The number of aryl methyl sites for hydroxylation is 1. The van der Waals surface area contributed by atoms with Crippen molar-refractivity contribution >= 4 is 33.7 Å². The van der Waals surface area contributed by atoms with Crippen LogP contribution in [0.4, 0.5) is 5.69 Å². The minimum atomic E-state index is -0.439. The minimum Gasteiger partial charge on any atom is -0.507 e. The number of rotatable bonds is 5. The Morgan fingerprint density at radius 1 is 1.26 bits per heavy atom. The van der Waals surface area contributed by atoms with Crippen molar-refractivity contribution in [1.29, 1.82) is 0 Å². The van der Waals surface area contributed by atoms with Gasteiger partial charge >= 0.3 is 0 Å². The molecule has 2 aromatic carbocycles. The zero-order valence-electron chi connectivity index (χ0n) is 12.9. The second-order valence-corrected chi connectivity index (χ2v) is 6.09. The molecule has 1 atom stereocenters. The van der Waals surface area contributed by atoms with E-state index in [1.807, 2.05) is 31.2 Å². The normalized spacial score (nSPS) is 12.1. The van der Waals surface area contributed by atoms with Crippen LogP contribution in [-0.4, -0.2) is 23.3 Å². The van der Waals surface area contributed by atoms with Crippen molar-refractivity contribution < 1.29 is 9.90 Å². The molecule has 6 heteroatoms. The van der Waals surface area contributed by atoms with E-state index in [-0.39, 0.29) is 11.7 Å². The zero-order valence-corrected chi connectivity index (χ0v) is 14.5. The van der Waals surface area contributed by atoms with Gasteiger partial charge in [-0.25, -0.2) is 5.43 Å². The van der Waals surface area contributed by atoms with E-state index in [2.05, 4.69) is 31.8 Å². The van der Waals surface area contributed by atoms with Crippen molar-refractivity contribution in [3.63, 3.8) is 0 Å². The highest BCUT2D eigenvalue weighted by molar-refractivity contribution is 9.10. The Kier molecular flexibility index (Phi) is 5.76. The van der Waals surface area contributed by atoms with E-state index in [0.29, 0.717) is 5.56 Å².